The second-order valence-corrected chi connectivity index (χ2v) is 6.15. The third kappa shape index (κ3) is 3.08. The largest absolute Gasteiger partial charge is 0.502 e. The number of ether oxygens (including phenoxy) is 2. The van der Waals surface area contributed by atoms with Gasteiger partial charge in [0.2, 0.25) is 0 Å². The summed E-state index contributed by atoms with van der Waals surface area (Å²) in [4.78, 5) is 28.4. The molecule has 3 rings (SSSR count). The minimum absolute atomic E-state index is 0.0730. The van der Waals surface area contributed by atoms with Gasteiger partial charge in [0.05, 0.1) is 25.5 Å². The van der Waals surface area contributed by atoms with Gasteiger partial charge in [0, 0.05) is 19.8 Å². The summed E-state index contributed by atoms with van der Waals surface area (Å²) in [5.74, 6) is -1.08. The van der Waals surface area contributed by atoms with Gasteiger partial charge in [0.15, 0.2) is 17.3 Å². The highest BCUT2D eigenvalue weighted by Crippen LogP contribution is 2.36. The Labute approximate surface area is 157 Å². The molecule has 0 unspecified atom stereocenters. The van der Waals surface area contributed by atoms with E-state index in [4.69, 9.17) is 9.47 Å². The molecule has 0 bridgehead atoms. The van der Waals surface area contributed by atoms with Gasteiger partial charge >= 0.3 is 5.91 Å². The molecule has 1 aliphatic heterocycles. The standard InChI is InChI=1S/C20H20N2O5/c1-21(2)13-6-5-7-14(11-13)22-19(24)17(18(23)20(22)25)12-8-9-15(26-3)16(10-12)27-4/h5-11,23H,1-4H3. The molecular weight excluding hydrogens is 348 g/mol. The van der Waals surface area contributed by atoms with Gasteiger partial charge in [-0.25, -0.2) is 4.90 Å². The fourth-order valence-corrected chi connectivity index (χ4v) is 2.91. The van der Waals surface area contributed by atoms with Crippen LogP contribution in [0.3, 0.4) is 0 Å². The van der Waals surface area contributed by atoms with Gasteiger partial charge in [-0.2, -0.15) is 0 Å². The Kier molecular flexibility index (Phi) is 4.77. The molecule has 2 aromatic carbocycles. The molecule has 2 amide bonds. The van der Waals surface area contributed by atoms with E-state index in [0.29, 0.717) is 22.7 Å². The van der Waals surface area contributed by atoms with Crippen molar-refractivity contribution in [2.45, 2.75) is 0 Å². The number of carbonyl (C=O) groups is 2. The second kappa shape index (κ2) is 7.03. The Hall–Kier alpha value is -3.48. The first-order chi connectivity index (χ1) is 12.9. The molecule has 7 nitrogen and oxygen atoms in total. The molecule has 0 saturated heterocycles. The van der Waals surface area contributed by atoms with E-state index in [1.54, 1.807) is 36.4 Å². The van der Waals surface area contributed by atoms with Crippen molar-refractivity contribution in [2.24, 2.45) is 0 Å². The molecule has 1 N–H and O–H groups in total. The number of anilines is 2. The van der Waals surface area contributed by atoms with Crippen LogP contribution < -0.4 is 19.3 Å². The maximum absolute atomic E-state index is 13.0. The van der Waals surface area contributed by atoms with Crippen LogP contribution in [0.4, 0.5) is 11.4 Å². The summed E-state index contributed by atoms with van der Waals surface area (Å²) >= 11 is 0. The summed E-state index contributed by atoms with van der Waals surface area (Å²) in [5.41, 5.74) is 1.51. The van der Waals surface area contributed by atoms with Crippen LogP contribution in [0.2, 0.25) is 0 Å². The SMILES string of the molecule is COc1ccc(C2=C(O)C(=O)N(c3cccc(N(C)C)c3)C2=O)cc1OC. The minimum atomic E-state index is -0.763. The number of aliphatic hydroxyl groups excluding tert-OH is 1. The van der Waals surface area contributed by atoms with E-state index < -0.39 is 17.6 Å². The highest BCUT2D eigenvalue weighted by molar-refractivity contribution is 6.45. The van der Waals surface area contributed by atoms with Crippen molar-refractivity contribution in [1.82, 2.24) is 0 Å². The molecule has 0 atom stereocenters. The first kappa shape index (κ1) is 18.3. The van der Waals surface area contributed by atoms with E-state index in [-0.39, 0.29) is 5.57 Å². The summed E-state index contributed by atoms with van der Waals surface area (Å²) in [5, 5.41) is 10.4. The predicted octanol–water partition coefficient (Wildman–Crippen LogP) is 2.61. The summed E-state index contributed by atoms with van der Waals surface area (Å²) < 4.78 is 10.4. The zero-order valence-electron chi connectivity index (χ0n) is 15.5. The first-order valence-corrected chi connectivity index (χ1v) is 8.20. The number of hydrogen-bond acceptors (Lipinski definition) is 6. The maximum atomic E-state index is 13.0. The Bertz CT molecular complexity index is 949. The lowest BCUT2D eigenvalue weighted by molar-refractivity contribution is -0.121. The lowest BCUT2D eigenvalue weighted by Crippen LogP contribution is -2.31. The molecule has 0 aromatic heterocycles. The van der Waals surface area contributed by atoms with Gasteiger partial charge in [-0.3, -0.25) is 9.59 Å². The molecule has 7 heteroatoms. The van der Waals surface area contributed by atoms with Crippen LogP contribution in [0.5, 0.6) is 11.5 Å². The number of hydrogen-bond donors (Lipinski definition) is 1. The lowest BCUT2D eigenvalue weighted by atomic mass is 10.0. The average molecular weight is 368 g/mol. The Morgan fingerprint density at radius 3 is 2.26 bits per heavy atom. The third-order valence-corrected chi connectivity index (χ3v) is 4.34. The molecule has 140 valence electrons. The third-order valence-electron chi connectivity index (χ3n) is 4.34. The Morgan fingerprint density at radius 2 is 1.63 bits per heavy atom. The topological polar surface area (TPSA) is 79.3 Å². The van der Waals surface area contributed by atoms with Crippen molar-refractivity contribution in [2.75, 3.05) is 38.1 Å². The summed E-state index contributed by atoms with van der Waals surface area (Å²) in [7, 11) is 6.68. The van der Waals surface area contributed by atoms with E-state index in [1.807, 2.05) is 25.1 Å². The highest BCUT2D eigenvalue weighted by atomic mass is 16.5. The summed E-state index contributed by atoms with van der Waals surface area (Å²) in [6.07, 6.45) is 0. The van der Waals surface area contributed by atoms with Gasteiger partial charge in [-0.15, -0.1) is 0 Å². The van der Waals surface area contributed by atoms with Crippen molar-refractivity contribution in [3.63, 3.8) is 0 Å². The smallest absolute Gasteiger partial charge is 0.301 e. The highest BCUT2D eigenvalue weighted by Gasteiger charge is 2.40. The normalized spacial score (nSPS) is 14.0. The zero-order chi connectivity index (χ0) is 19.7. The van der Waals surface area contributed by atoms with E-state index in [0.717, 1.165) is 10.6 Å². The van der Waals surface area contributed by atoms with Gasteiger partial charge in [-0.05, 0) is 35.9 Å². The van der Waals surface area contributed by atoms with Crippen LogP contribution in [-0.2, 0) is 9.59 Å². The van der Waals surface area contributed by atoms with Crippen molar-refractivity contribution >= 4 is 28.8 Å². The van der Waals surface area contributed by atoms with Crippen LogP contribution >= 0.6 is 0 Å². The molecule has 2 aromatic rings. The molecule has 0 fully saturated rings. The lowest BCUT2D eigenvalue weighted by Gasteiger charge is -2.18. The molecule has 1 aliphatic rings. The molecule has 0 saturated carbocycles. The van der Waals surface area contributed by atoms with Crippen molar-refractivity contribution in [3.05, 3.63) is 53.8 Å². The molecular formula is C20H20N2O5. The first-order valence-electron chi connectivity index (χ1n) is 8.20. The second-order valence-electron chi connectivity index (χ2n) is 6.15. The van der Waals surface area contributed by atoms with Crippen molar-refractivity contribution in [1.29, 1.82) is 0 Å². The van der Waals surface area contributed by atoms with Crippen LogP contribution in [0, 0.1) is 0 Å². The number of methoxy groups -OCH3 is 2. The number of benzene rings is 2. The van der Waals surface area contributed by atoms with Crippen molar-refractivity contribution in [3.8, 4) is 11.5 Å². The fraction of sp³-hybridized carbons (Fsp3) is 0.200. The maximum Gasteiger partial charge on any atom is 0.301 e. The van der Waals surface area contributed by atoms with E-state index in [2.05, 4.69) is 0 Å². The molecule has 0 radical (unpaired) electrons. The Balaban J connectivity index is 2.04. The number of rotatable bonds is 5. The number of aliphatic hydroxyl groups is 1. The number of carbonyl (C=O) groups excluding carboxylic acids is 2. The number of imide groups is 1. The van der Waals surface area contributed by atoms with E-state index >= 15 is 0 Å². The summed E-state index contributed by atoms with van der Waals surface area (Å²) in [6.45, 7) is 0. The van der Waals surface area contributed by atoms with E-state index in [1.165, 1.54) is 14.2 Å². The van der Waals surface area contributed by atoms with Crippen LogP contribution in [0.1, 0.15) is 5.56 Å². The number of amides is 2. The average Bonchev–Trinajstić information content (AvgIpc) is 2.90. The van der Waals surface area contributed by atoms with Gasteiger partial charge in [0.1, 0.15) is 0 Å². The van der Waals surface area contributed by atoms with Crippen LogP contribution in [-0.4, -0.2) is 45.2 Å². The molecule has 27 heavy (non-hydrogen) atoms. The van der Waals surface area contributed by atoms with E-state index in [9.17, 15) is 14.7 Å². The molecule has 0 aliphatic carbocycles. The van der Waals surface area contributed by atoms with Gasteiger partial charge in [0.25, 0.3) is 5.91 Å². The Morgan fingerprint density at radius 1 is 0.926 bits per heavy atom. The van der Waals surface area contributed by atoms with Crippen LogP contribution in [0.25, 0.3) is 5.57 Å². The molecule has 1 heterocycles. The zero-order valence-corrected chi connectivity index (χ0v) is 15.5. The van der Waals surface area contributed by atoms with Gasteiger partial charge < -0.3 is 19.5 Å². The predicted molar refractivity (Wildman–Crippen MR) is 102 cm³/mol. The summed E-state index contributed by atoms with van der Waals surface area (Å²) in [6, 6.07) is 11.7. The quantitative estimate of drug-likeness (QED) is 0.818. The fourth-order valence-electron chi connectivity index (χ4n) is 2.91. The molecule has 0 spiro atoms. The monoisotopic (exact) mass is 368 g/mol. The van der Waals surface area contributed by atoms with Crippen molar-refractivity contribution < 1.29 is 24.2 Å². The van der Waals surface area contributed by atoms with Gasteiger partial charge in [-0.1, -0.05) is 12.1 Å². The number of nitrogens with zero attached hydrogens (tertiary/aromatic N) is 2. The minimum Gasteiger partial charge on any atom is -0.502 e. The van der Waals surface area contributed by atoms with Crippen LogP contribution in [0.15, 0.2) is 48.2 Å².